The molecule has 5 unspecified atom stereocenters. The summed E-state index contributed by atoms with van der Waals surface area (Å²) in [6.07, 6.45) is 77.0. The van der Waals surface area contributed by atoms with Crippen LogP contribution in [0.4, 0.5) is 0 Å². The maximum Gasteiger partial charge on any atom is 0.472 e. The quantitative estimate of drug-likeness (QED) is 0.0169. The van der Waals surface area contributed by atoms with E-state index in [1.807, 2.05) is 18.2 Å². The van der Waals surface area contributed by atoms with E-state index in [0.29, 0.717) is 25.7 Å². The molecule has 578 valence electrons. The number of aliphatic hydroxyl groups excluding tert-OH is 1. The lowest BCUT2D eigenvalue weighted by atomic mass is 10.1. The number of allylic oxidation sites excluding steroid dienone is 15. The second kappa shape index (κ2) is 73.3. The standard InChI is InChI=1S/C81H142O17P2/c1-5-9-13-17-21-25-29-33-37-41-45-49-53-57-61-65-78(83)91-71-76(97-80(85)67-63-59-55-51-47-43-39-35-31-27-23-19-15-11-7-3)73-95-99(87,88)93-69-75(82)70-94-100(89,90)96-74-77(98-81(86)68-64-60-56-52-48-44-40-36-32-28-24-20-16-12-8-4)72-92-79(84)66-62-58-54-50-46-42-38-34-30-26-22-18-14-10-6-2/h9,13,21,25,33-40,45,49,57,61,75-77,82H,5-8,10-12,14-20,22-24,26-32,41-44,46-48,50-56,58-60,62-74H2,1-4H3,(H,87,88)(H,89,90)/b13-9-,25-21-,37-33-,38-34-,39-35-,40-36-,49-45-,61-57-. The molecule has 0 aliphatic carbocycles. The van der Waals surface area contributed by atoms with E-state index in [0.717, 1.165) is 141 Å². The highest BCUT2D eigenvalue weighted by molar-refractivity contribution is 7.47. The molecule has 0 fully saturated rings. The third-order valence-electron chi connectivity index (χ3n) is 16.5. The third kappa shape index (κ3) is 72.3. The zero-order valence-corrected chi connectivity index (χ0v) is 64.9. The topological polar surface area (TPSA) is 237 Å². The first-order valence-corrected chi connectivity index (χ1v) is 42.5. The Bertz CT molecular complexity index is 2270. The highest BCUT2D eigenvalue weighted by Crippen LogP contribution is 2.45. The van der Waals surface area contributed by atoms with Crippen molar-refractivity contribution in [3.05, 3.63) is 97.2 Å². The van der Waals surface area contributed by atoms with Gasteiger partial charge in [-0.3, -0.25) is 37.3 Å². The first kappa shape index (κ1) is 96.0. The normalized spacial score (nSPS) is 14.4. The highest BCUT2D eigenvalue weighted by Gasteiger charge is 2.30. The van der Waals surface area contributed by atoms with Crippen LogP contribution in [0.2, 0.25) is 0 Å². The Morgan fingerprint density at radius 2 is 0.560 bits per heavy atom. The molecule has 19 heteroatoms. The van der Waals surface area contributed by atoms with Gasteiger partial charge in [0.1, 0.15) is 19.3 Å². The molecule has 0 saturated carbocycles. The van der Waals surface area contributed by atoms with E-state index < -0.39 is 97.5 Å². The van der Waals surface area contributed by atoms with E-state index in [4.69, 9.17) is 37.0 Å². The molecule has 17 nitrogen and oxygen atoms in total. The van der Waals surface area contributed by atoms with Gasteiger partial charge in [-0.2, -0.15) is 0 Å². The summed E-state index contributed by atoms with van der Waals surface area (Å²) in [7, 11) is -9.98. The second-order valence-electron chi connectivity index (χ2n) is 26.3. The van der Waals surface area contributed by atoms with E-state index in [-0.39, 0.29) is 25.7 Å². The van der Waals surface area contributed by atoms with Crippen LogP contribution < -0.4 is 0 Å². The van der Waals surface area contributed by atoms with Gasteiger partial charge in [0.15, 0.2) is 12.2 Å². The smallest absolute Gasteiger partial charge is 0.462 e. The minimum Gasteiger partial charge on any atom is -0.462 e. The van der Waals surface area contributed by atoms with Gasteiger partial charge in [0.2, 0.25) is 0 Å². The number of phosphoric acid groups is 2. The molecule has 0 amide bonds. The van der Waals surface area contributed by atoms with Crippen molar-refractivity contribution in [2.24, 2.45) is 0 Å². The van der Waals surface area contributed by atoms with Crippen LogP contribution in [-0.4, -0.2) is 96.7 Å². The van der Waals surface area contributed by atoms with Crippen LogP contribution in [0.3, 0.4) is 0 Å². The van der Waals surface area contributed by atoms with Gasteiger partial charge >= 0.3 is 39.5 Å². The molecule has 3 N–H and O–H groups in total. The summed E-state index contributed by atoms with van der Waals surface area (Å²) in [5, 5.41) is 10.6. The summed E-state index contributed by atoms with van der Waals surface area (Å²) in [6, 6.07) is 0. The Kier molecular flexibility index (Phi) is 70.4. The molecular weight excluding hydrogens is 1310 g/mol. The molecular formula is C81H142O17P2. The van der Waals surface area contributed by atoms with Crippen molar-refractivity contribution in [1.29, 1.82) is 0 Å². The maximum absolute atomic E-state index is 13.1. The van der Waals surface area contributed by atoms with Crippen molar-refractivity contribution in [3.8, 4) is 0 Å². The van der Waals surface area contributed by atoms with E-state index >= 15 is 0 Å². The van der Waals surface area contributed by atoms with Crippen LogP contribution in [0.25, 0.3) is 0 Å². The van der Waals surface area contributed by atoms with Crippen LogP contribution in [0.5, 0.6) is 0 Å². The number of esters is 4. The largest absolute Gasteiger partial charge is 0.472 e. The van der Waals surface area contributed by atoms with Crippen molar-refractivity contribution in [2.75, 3.05) is 39.6 Å². The molecule has 5 atom stereocenters. The number of unbranched alkanes of at least 4 members (excludes halogenated alkanes) is 33. The molecule has 0 aliphatic heterocycles. The van der Waals surface area contributed by atoms with Crippen molar-refractivity contribution in [2.45, 2.75) is 354 Å². The lowest BCUT2D eigenvalue weighted by molar-refractivity contribution is -0.161. The van der Waals surface area contributed by atoms with Gasteiger partial charge in [0.25, 0.3) is 0 Å². The molecule has 0 aromatic carbocycles. The van der Waals surface area contributed by atoms with E-state index in [1.54, 1.807) is 6.08 Å². The van der Waals surface area contributed by atoms with Crippen LogP contribution in [0, 0.1) is 0 Å². The third-order valence-corrected chi connectivity index (χ3v) is 18.4. The number of hydrogen-bond donors (Lipinski definition) is 3. The average molecular weight is 1450 g/mol. The number of ether oxygens (including phenoxy) is 4. The second-order valence-corrected chi connectivity index (χ2v) is 29.2. The van der Waals surface area contributed by atoms with Crippen molar-refractivity contribution in [1.82, 2.24) is 0 Å². The Morgan fingerprint density at radius 3 is 0.880 bits per heavy atom. The molecule has 0 heterocycles. The summed E-state index contributed by atoms with van der Waals surface area (Å²) in [4.78, 5) is 72.9. The number of carbonyl (C=O) groups excluding carboxylic acids is 4. The summed E-state index contributed by atoms with van der Waals surface area (Å²) in [5.41, 5.74) is 0. The summed E-state index contributed by atoms with van der Waals surface area (Å²) < 4.78 is 68.4. The van der Waals surface area contributed by atoms with Gasteiger partial charge in [-0.25, -0.2) is 9.13 Å². The Balaban J connectivity index is 5.42. The van der Waals surface area contributed by atoms with Crippen molar-refractivity contribution < 1.29 is 80.2 Å². The first-order chi connectivity index (χ1) is 48.7. The summed E-state index contributed by atoms with van der Waals surface area (Å²) >= 11 is 0. The van der Waals surface area contributed by atoms with Crippen LogP contribution >= 0.6 is 15.6 Å². The fourth-order valence-electron chi connectivity index (χ4n) is 10.5. The van der Waals surface area contributed by atoms with Crippen LogP contribution in [0.1, 0.15) is 336 Å². The molecule has 0 spiro atoms. The zero-order chi connectivity index (χ0) is 73.2. The van der Waals surface area contributed by atoms with E-state index in [2.05, 4.69) is 101 Å². The minimum absolute atomic E-state index is 0.0657. The Hall–Kier alpha value is -4.02. The van der Waals surface area contributed by atoms with E-state index in [9.17, 15) is 43.2 Å². The lowest BCUT2D eigenvalue weighted by Crippen LogP contribution is -2.30. The van der Waals surface area contributed by atoms with Crippen molar-refractivity contribution in [3.63, 3.8) is 0 Å². The predicted octanol–water partition coefficient (Wildman–Crippen LogP) is 22.8. The minimum atomic E-state index is -5.00. The number of rotatable bonds is 74. The number of hydrogen-bond acceptors (Lipinski definition) is 15. The predicted molar refractivity (Wildman–Crippen MR) is 409 cm³/mol. The summed E-state index contributed by atoms with van der Waals surface area (Å²) in [6.45, 7) is 4.64. The maximum atomic E-state index is 13.1. The van der Waals surface area contributed by atoms with E-state index in [1.165, 1.54) is 116 Å². The SMILES string of the molecule is CC/C=C\C/C=C\C/C=C\C/C=C\C/C=C\CC(=O)OCC(COP(=O)(O)OCC(O)COP(=O)(O)OCC(COC(=O)CCCCCCC/C=C\CCCCCCCC)OC(=O)CCCCCCC/C=C\CCCCCCCC)OC(=O)CCCCCCC/C=C\CCCCCCCC. The summed E-state index contributed by atoms with van der Waals surface area (Å²) in [5.74, 6) is -2.34. The molecule has 100 heavy (non-hydrogen) atoms. The highest BCUT2D eigenvalue weighted by atomic mass is 31.2. The molecule has 0 aromatic heterocycles. The number of aliphatic hydroxyl groups is 1. The van der Waals surface area contributed by atoms with Gasteiger partial charge in [-0.1, -0.05) is 279 Å². The molecule has 0 saturated heterocycles. The van der Waals surface area contributed by atoms with Gasteiger partial charge in [-0.05, 0) is 128 Å². The fourth-order valence-corrected chi connectivity index (χ4v) is 12.1. The van der Waals surface area contributed by atoms with Gasteiger partial charge < -0.3 is 33.8 Å². The molecule has 0 bridgehead atoms. The Morgan fingerprint density at radius 1 is 0.300 bits per heavy atom. The van der Waals surface area contributed by atoms with Gasteiger partial charge in [0, 0.05) is 19.3 Å². The first-order valence-electron chi connectivity index (χ1n) is 39.5. The monoisotopic (exact) mass is 1450 g/mol. The number of phosphoric ester groups is 2. The Labute approximate surface area is 607 Å². The van der Waals surface area contributed by atoms with Crippen molar-refractivity contribution >= 4 is 39.5 Å². The molecule has 0 rings (SSSR count). The molecule has 0 aliphatic rings. The average Bonchev–Trinajstić information content (AvgIpc) is 1.01. The van der Waals surface area contributed by atoms with Gasteiger partial charge in [0.05, 0.1) is 32.8 Å². The lowest BCUT2D eigenvalue weighted by Gasteiger charge is -2.21. The van der Waals surface area contributed by atoms with Gasteiger partial charge in [-0.15, -0.1) is 0 Å². The fraction of sp³-hybridized carbons (Fsp3) is 0.753. The number of carbonyl (C=O) groups is 4. The molecule has 0 aromatic rings. The van der Waals surface area contributed by atoms with Crippen LogP contribution in [0.15, 0.2) is 97.2 Å². The zero-order valence-electron chi connectivity index (χ0n) is 63.1. The van der Waals surface area contributed by atoms with Crippen LogP contribution in [-0.2, 0) is 65.4 Å². The molecule has 0 radical (unpaired) electrons.